The summed E-state index contributed by atoms with van der Waals surface area (Å²) in [6.45, 7) is 0.286. The van der Waals surface area contributed by atoms with Crippen molar-refractivity contribution in [3.63, 3.8) is 0 Å². The minimum atomic E-state index is -4.32. The van der Waals surface area contributed by atoms with Crippen molar-refractivity contribution in [2.75, 3.05) is 18.4 Å². The summed E-state index contributed by atoms with van der Waals surface area (Å²) in [4.78, 5) is 11.3. The van der Waals surface area contributed by atoms with Crippen LogP contribution in [0.2, 0.25) is 0 Å². The van der Waals surface area contributed by atoms with Crippen LogP contribution in [0.1, 0.15) is 12.5 Å². The van der Waals surface area contributed by atoms with E-state index in [1.54, 1.807) is 6.20 Å². The lowest BCUT2D eigenvalue weighted by atomic mass is 10.2. The Kier molecular flexibility index (Phi) is 4.50. The zero-order valence-corrected chi connectivity index (χ0v) is 9.19. The molecule has 0 bridgehead atoms. The number of aromatic nitrogens is 2. The third-order valence-electron chi connectivity index (χ3n) is 1.97. The number of nitrogens with one attached hydrogen (secondary N) is 3. The summed E-state index contributed by atoms with van der Waals surface area (Å²) < 4.78 is 35.4. The molecular weight excluding hydrogens is 237 g/mol. The molecule has 0 aliphatic carbocycles. The number of carbonyl (C=O) groups is 1. The fourth-order valence-electron chi connectivity index (χ4n) is 1.19. The normalized spacial score (nSPS) is 11.5. The Hall–Kier alpha value is -1.57. The number of halogens is 3. The number of rotatable bonds is 5. The van der Waals surface area contributed by atoms with Crippen molar-refractivity contribution in [1.29, 1.82) is 0 Å². The fraction of sp³-hybridized carbons (Fsp3) is 0.556. The van der Waals surface area contributed by atoms with Crippen molar-refractivity contribution in [2.45, 2.75) is 19.5 Å². The second kappa shape index (κ2) is 5.67. The van der Waals surface area contributed by atoms with Crippen LogP contribution in [0, 0.1) is 0 Å². The van der Waals surface area contributed by atoms with Gasteiger partial charge in [-0.3, -0.25) is 9.89 Å². The Morgan fingerprint density at radius 2 is 2.24 bits per heavy atom. The van der Waals surface area contributed by atoms with Crippen LogP contribution in [-0.4, -0.2) is 35.4 Å². The highest BCUT2D eigenvalue weighted by Gasteiger charge is 2.26. The number of alkyl halides is 3. The van der Waals surface area contributed by atoms with Gasteiger partial charge in [0.2, 0.25) is 5.91 Å². The zero-order chi connectivity index (χ0) is 12.9. The van der Waals surface area contributed by atoms with Gasteiger partial charge in [-0.15, -0.1) is 0 Å². The van der Waals surface area contributed by atoms with E-state index in [1.165, 1.54) is 0 Å². The molecule has 0 atom stereocenters. The lowest BCUT2D eigenvalue weighted by Crippen LogP contribution is -2.35. The van der Waals surface area contributed by atoms with Gasteiger partial charge in [0.15, 0.2) is 0 Å². The first-order valence-electron chi connectivity index (χ1n) is 5.02. The Bertz CT molecular complexity index is 375. The highest BCUT2D eigenvalue weighted by atomic mass is 19.4. The highest BCUT2D eigenvalue weighted by Crippen LogP contribution is 2.12. The van der Waals surface area contributed by atoms with Crippen molar-refractivity contribution in [3.05, 3.63) is 11.8 Å². The van der Waals surface area contributed by atoms with Crippen molar-refractivity contribution < 1.29 is 18.0 Å². The lowest BCUT2D eigenvalue weighted by molar-refractivity contribution is -0.126. The Labute approximate surface area is 95.8 Å². The number of carbonyl (C=O) groups excluding carboxylic acids is 1. The number of nitrogens with zero attached hydrogens (tertiary/aromatic N) is 1. The van der Waals surface area contributed by atoms with Crippen LogP contribution in [0.5, 0.6) is 0 Å². The Morgan fingerprint density at radius 3 is 2.82 bits per heavy atom. The number of H-pyrrole nitrogens is 1. The number of hydrogen-bond acceptors (Lipinski definition) is 3. The molecule has 8 heteroatoms. The minimum absolute atomic E-state index is 0.401. The third kappa shape index (κ3) is 4.85. The molecule has 0 aliphatic heterocycles. The van der Waals surface area contributed by atoms with Crippen molar-refractivity contribution in [1.82, 2.24) is 15.5 Å². The van der Waals surface area contributed by atoms with E-state index in [0.29, 0.717) is 12.2 Å². The van der Waals surface area contributed by atoms with Crippen molar-refractivity contribution in [2.24, 2.45) is 0 Å². The molecular formula is C9H13F3N4O. The summed E-state index contributed by atoms with van der Waals surface area (Å²) in [5, 5.41) is 10.7. The molecule has 0 unspecified atom stereocenters. The quantitative estimate of drug-likeness (QED) is 0.732. The molecule has 1 heterocycles. The van der Waals surface area contributed by atoms with E-state index in [9.17, 15) is 18.0 Å². The first-order valence-corrected chi connectivity index (χ1v) is 5.02. The molecule has 0 aromatic carbocycles. The van der Waals surface area contributed by atoms with Crippen LogP contribution in [-0.2, 0) is 11.2 Å². The van der Waals surface area contributed by atoms with Gasteiger partial charge in [-0.25, -0.2) is 0 Å². The van der Waals surface area contributed by atoms with Crippen molar-refractivity contribution in [3.8, 4) is 0 Å². The minimum Gasteiger partial charge on any atom is -0.310 e. The van der Waals surface area contributed by atoms with E-state index in [1.807, 2.05) is 12.2 Å². The van der Waals surface area contributed by atoms with E-state index in [-0.39, 0.29) is 0 Å². The maximum absolute atomic E-state index is 11.8. The molecule has 0 aliphatic rings. The maximum Gasteiger partial charge on any atom is 0.401 e. The summed E-state index contributed by atoms with van der Waals surface area (Å²) in [6, 6.07) is 0. The van der Waals surface area contributed by atoms with Gasteiger partial charge in [-0.2, -0.15) is 18.3 Å². The van der Waals surface area contributed by atoms with Gasteiger partial charge in [-0.1, -0.05) is 6.92 Å². The topological polar surface area (TPSA) is 69.8 Å². The van der Waals surface area contributed by atoms with Gasteiger partial charge < -0.3 is 10.6 Å². The zero-order valence-electron chi connectivity index (χ0n) is 9.19. The van der Waals surface area contributed by atoms with Gasteiger partial charge in [-0.05, 0) is 6.42 Å². The monoisotopic (exact) mass is 250 g/mol. The average Bonchev–Trinajstić information content (AvgIpc) is 2.63. The van der Waals surface area contributed by atoms with E-state index in [4.69, 9.17) is 0 Å². The molecule has 96 valence electrons. The SMILES string of the molecule is CCc1cn[nH]c1NC(=O)CNCC(F)(F)F. The highest BCUT2D eigenvalue weighted by molar-refractivity contribution is 5.91. The predicted octanol–water partition coefficient (Wildman–Crippen LogP) is 1.06. The first kappa shape index (κ1) is 13.5. The van der Waals surface area contributed by atoms with Gasteiger partial charge >= 0.3 is 6.18 Å². The largest absolute Gasteiger partial charge is 0.401 e. The van der Waals surface area contributed by atoms with Crippen LogP contribution in [0.15, 0.2) is 6.20 Å². The van der Waals surface area contributed by atoms with E-state index in [2.05, 4.69) is 15.5 Å². The first-order chi connectivity index (χ1) is 7.92. The number of aromatic amines is 1. The average molecular weight is 250 g/mol. The summed E-state index contributed by atoms with van der Waals surface area (Å²) in [7, 11) is 0. The number of hydrogen-bond donors (Lipinski definition) is 3. The molecule has 0 saturated carbocycles. The smallest absolute Gasteiger partial charge is 0.310 e. The molecule has 5 nitrogen and oxygen atoms in total. The molecule has 17 heavy (non-hydrogen) atoms. The van der Waals surface area contributed by atoms with Crippen molar-refractivity contribution >= 4 is 11.7 Å². The van der Waals surface area contributed by atoms with Crippen LogP contribution >= 0.6 is 0 Å². The second-order valence-electron chi connectivity index (χ2n) is 3.39. The Morgan fingerprint density at radius 1 is 1.53 bits per heavy atom. The second-order valence-corrected chi connectivity index (χ2v) is 3.39. The van der Waals surface area contributed by atoms with E-state index in [0.717, 1.165) is 5.56 Å². The molecule has 0 spiro atoms. The van der Waals surface area contributed by atoms with E-state index < -0.39 is 25.2 Å². The molecule has 1 amide bonds. The number of aryl methyl sites for hydroxylation is 1. The molecule has 0 radical (unpaired) electrons. The van der Waals surface area contributed by atoms with Crippen LogP contribution in [0.4, 0.5) is 19.0 Å². The third-order valence-corrected chi connectivity index (χ3v) is 1.97. The Balaban J connectivity index is 2.35. The van der Waals surface area contributed by atoms with Gasteiger partial charge in [0, 0.05) is 5.56 Å². The van der Waals surface area contributed by atoms with Gasteiger partial charge in [0.25, 0.3) is 0 Å². The molecule has 0 fully saturated rings. The molecule has 3 N–H and O–H groups in total. The van der Waals surface area contributed by atoms with Crippen LogP contribution in [0.25, 0.3) is 0 Å². The molecule has 1 aromatic heterocycles. The van der Waals surface area contributed by atoms with Crippen LogP contribution < -0.4 is 10.6 Å². The van der Waals surface area contributed by atoms with Gasteiger partial charge in [0.1, 0.15) is 5.82 Å². The maximum atomic E-state index is 11.8. The van der Waals surface area contributed by atoms with Crippen LogP contribution in [0.3, 0.4) is 0 Å². The standard InChI is InChI=1S/C9H13F3N4O/c1-2-6-3-14-16-8(6)15-7(17)4-13-5-9(10,11)12/h3,13H,2,4-5H2,1H3,(H2,14,15,16,17). The number of amides is 1. The molecule has 0 saturated heterocycles. The molecule has 1 rings (SSSR count). The summed E-state index contributed by atoms with van der Waals surface area (Å²) in [5.41, 5.74) is 0.800. The van der Waals surface area contributed by atoms with E-state index >= 15 is 0 Å². The predicted molar refractivity (Wildman–Crippen MR) is 55.5 cm³/mol. The molecule has 1 aromatic rings. The summed E-state index contributed by atoms with van der Waals surface area (Å²) in [6.07, 6.45) is -2.09. The fourth-order valence-corrected chi connectivity index (χ4v) is 1.19. The lowest BCUT2D eigenvalue weighted by Gasteiger charge is -2.08. The summed E-state index contributed by atoms with van der Waals surface area (Å²) in [5.74, 6) is -0.125. The number of anilines is 1. The van der Waals surface area contributed by atoms with Gasteiger partial charge in [0.05, 0.1) is 19.3 Å². The summed E-state index contributed by atoms with van der Waals surface area (Å²) >= 11 is 0.